The molecular weight excluding hydrogens is 230 g/mol. The van der Waals surface area contributed by atoms with E-state index < -0.39 is 6.10 Å². The van der Waals surface area contributed by atoms with E-state index >= 15 is 0 Å². The molecule has 0 amide bonds. The van der Waals surface area contributed by atoms with Crippen molar-refractivity contribution in [3.05, 3.63) is 0 Å². The monoisotopic (exact) mass is 259 g/mol. The van der Waals surface area contributed by atoms with Crippen LogP contribution in [0.5, 0.6) is 0 Å². The summed E-state index contributed by atoms with van der Waals surface area (Å²) in [6.07, 6.45) is 2.46. The zero-order valence-corrected chi connectivity index (χ0v) is 12.0. The maximum Gasteiger partial charge on any atom is 0.0897 e. The Kier molecular flexibility index (Phi) is 6.57. The number of aliphatic hydroxyl groups excluding tert-OH is 2. The smallest absolute Gasteiger partial charge is 0.0897 e. The van der Waals surface area contributed by atoms with Gasteiger partial charge in [-0.15, -0.1) is 0 Å². The minimum absolute atomic E-state index is 0.132. The van der Waals surface area contributed by atoms with Crippen LogP contribution in [0, 0.1) is 11.3 Å². The summed E-state index contributed by atoms with van der Waals surface area (Å²) in [5, 5.41) is 22.5. The largest absolute Gasteiger partial charge is 0.392 e. The lowest BCUT2D eigenvalue weighted by Crippen LogP contribution is -2.36. The molecule has 0 heterocycles. The topological polar surface area (TPSA) is 61.7 Å². The van der Waals surface area contributed by atoms with Crippen molar-refractivity contribution in [1.29, 1.82) is 0 Å². The number of hydrogen-bond acceptors (Lipinski definition) is 4. The van der Waals surface area contributed by atoms with Crippen LogP contribution in [0.25, 0.3) is 0 Å². The van der Waals surface area contributed by atoms with E-state index in [0.29, 0.717) is 19.7 Å². The van der Waals surface area contributed by atoms with E-state index in [4.69, 9.17) is 4.74 Å². The molecule has 0 radical (unpaired) electrons. The lowest BCUT2D eigenvalue weighted by molar-refractivity contribution is 0.0301. The van der Waals surface area contributed by atoms with E-state index in [1.165, 1.54) is 12.8 Å². The maximum absolute atomic E-state index is 9.78. The molecule has 1 fully saturated rings. The van der Waals surface area contributed by atoms with Crippen LogP contribution in [0.4, 0.5) is 0 Å². The molecule has 3 N–H and O–H groups in total. The fourth-order valence-corrected chi connectivity index (χ4v) is 1.91. The van der Waals surface area contributed by atoms with E-state index in [-0.39, 0.29) is 11.5 Å². The Balaban J connectivity index is 1.94. The van der Waals surface area contributed by atoms with Crippen LogP contribution in [0.3, 0.4) is 0 Å². The van der Waals surface area contributed by atoms with Gasteiger partial charge in [-0.25, -0.2) is 0 Å². The molecule has 0 aromatic carbocycles. The van der Waals surface area contributed by atoms with Crippen LogP contribution in [0.2, 0.25) is 0 Å². The highest BCUT2D eigenvalue weighted by Crippen LogP contribution is 2.28. The van der Waals surface area contributed by atoms with Crippen molar-refractivity contribution in [3.63, 3.8) is 0 Å². The summed E-state index contributed by atoms with van der Waals surface area (Å²) in [6.45, 7) is 8.50. The van der Waals surface area contributed by atoms with Gasteiger partial charge in [-0.3, -0.25) is 0 Å². The van der Waals surface area contributed by atoms with Crippen molar-refractivity contribution >= 4 is 0 Å². The predicted molar refractivity (Wildman–Crippen MR) is 72.5 cm³/mol. The molecule has 4 nitrogen and oxygen atoms in total. The highest BCUT2D eigenvalue weighted by molar-refractivity contribution is 4.73. The molecule has 108 valence electrons. The molecule has 0 bridgehead atoms. The Morgan fingerprint density at radius 3 is 2.33 bits per heavy atom. The fourth-order valence-electron chi connectivity index (χ4n) is 1.91. The van der Waals surface area contributed by atoms with Crippen LogP contribution >= 0.6 is 0 Å². The summed E-state index contributed by atoms with van der Waals surface area (Å²) < 4.78 is 5.40. The van der Waals surface area contributed by atoms with Crippen molar-refractivity contribution in [2.75, 3.05) is 26.3 Å². The van der Waals surface area contributed by atoms with Crippen LogP contribution in [0.15, 0.2) is 0 Å². The Morgan fingerprint density at radius 1 is 1.17 bits per heavy atom. The first kappa shape index (κ1) is 15.9. The SMILES string of the molecule is CC(C)(C)CC(O)CNCC(O)COCC1CC1. The molecule has 0 spiro atoms. The van der Waals surface area contributed by atoms with Gasteiger partial charge in [-0.05, 0) is 30.6 Å². The van der Waals surface area contributed by atoms with Gasteiger partial charge in [0, 0.05) is 19.7 Å². The summed E-state index contributed by atoms with van der Waals surface area (Å²) in [7, 11) is 0. The molecule has 0 aromatic rings. The van der Waals surface area contributed by atoms with E-state index in [1.807, 2.05) is 0 Å². The summed E-state index contributed by atoms with van der Waals surface area (Å²) >= 11 is 0. The van der Waals surface area contributed by atoms with Gasteiger partial charge < -0.3 is 20.3 Å². The quantitative estimate of drug-likeness (QED) is 0.581. The summed E-state index contributed by atoms with van der Waals surface area (Å²) in [6, 6.07) is 0. The molecule has 0 aliphatic heterocycles. The molecular formula is C14H29NO3. The van der Waals surface area contributed by atoms with Crippen molar-refractivity contribution in [2.45, 2.75) is 52.2 Å². The molecule has 1 rings (SSSR count). The van der Waals surface area contributed by atoms with Crippen LogP contribution in [-0.4, -0.2) is 48.7 Å². The van der Waals surface area contributed by atoms with Gasteiger partial charge in [0.2, 0.25) is 0 Å². The molecule has 1 saturated carbocycles. The first-order valence-corrected chi connectivity index (χ1v) is 7.01. The maximum atomic E-state index is 9.78. The molecule has 2 atom stereocenters. The number of hydrogen-bond donors (Lipinski definition) is 3. The molecule has 1 aliphatic rings. The summed E-state index contributed by atoms with van der Waals surface area (Å²) in [4.78, 5) is 0. The minimum atomic E-state index is -0.481. The van der Waals surface area contributed by atoms with Crippen molar-refractivity contribution in [2.24, 2.45) is 11.3 Å². The molecule has 18 heavy (non-hydrogen) atoms. The van der Waals surface area contributed by atoms with Crippen molar-refractivity contribution in [1.82, 2.24) is 5.32 Å². The molecule has 2 unspecified atom stereocenters. The van der Waals surface area contributed by atoms with Gasteiger partial charge in [-0.2, -0.15) is 0 Å². The molecule has 0 saturated heterocycles. The summed E-state index contributed by atoms with van der Waals surface area (Å²) in [5.41, 5.74) is 0.132. The molecule has 0 aromatic heterocycles. The average molecular weight is 259 g/mol. The third-order valence-corrected chi connectivity index (χ3v) is 2.97. The van der Waals surface area contributed by atoms with Gasteiger partial charge in [-0.1, -0.05) is 20.8 Å². The van der Waals surface area contributed by atoms with E-state index in [2.05, 4.69) is 26.1 Å². The first-order chi connectivity index (χ1) is 8.37. The standard InChI is InChI=1S/C14H29NO3/c1-14(2,3)6-12(16)7-15-8-13(17)10-18-9-11-4-5-11/h11-13,15-17H,4-10H2,1-3H3. The third kappa shape index (κ3) is 8.86. The molecule has 1 aliphatic carbocycles. The van der Waals surface area contributed by atoms with Gasteiger partial charge >= 0.3 is 0 Å². The Morgan fingerprint density at radius 2 is 1.78 bits per heavy atom. The zero-order chi connectivity index (χ0) is 13.6. The first-order valence-electron chi connectivity index (χ1n) is 7.01. The van der Waals surface area contributed by atoms with Crippen LogP contribution in [-0.2, 0) is 4.74 Å². The fraction of sp³-hybridized carbons (Fsp3) is 1.00. The highest BCUT2D eigenvalue weighted by atomic mass is 16.5. The number of rotatable bonds is 9. The third-order valence-electron chi connectivity index (χ3n) is 2.97. The second-order valence-electron chi connectivity index (χ2n) is 6.71. The van der Waals surface area contributed by atoms with Gasteiger partial charge in [0.05, 0.1) is 18.8 Å². The van der Waals surface area contributed by atoms with Crippen LogP contribution in [0.1, 0.15) is 40.0 Å². The van der Waals surface area contributed by atoms with E-state index in [0.717, 1.165) is 18.9 Å². The van der Waals surface area contributed by atoms with Gasteiger partial charge in [0.1, 0.15) is 0 Å². The second-order valence-corrected chi connectivity index (χ2v) is 6.71. The lowest BCUT2D eigenvalue weighted by Gasteiger charge is -2.23. The molecule has 4 heteroatoms. The van der Waals surface area contributed by atoms with Crippen LogP contribution < -0.4 is 5.32 Å². The Labute approximate surface area is 111 Å². The van der Waals surface area contributed by atoms with Gasteiger partial charge in [0.25, 0.3) is 0 Å². The summed E-state index contributed by atoms with van der Waals surface area (Å²) in [5.74, 6) is 0.735. The number of aliphatic hydroxyl groups is 2. The normalized spacial score (nSPS) is 19.8. The Hall–Kier alpha value is -0.160. The lowest BCUT2D eigenvalue weighted by atomic mass is 9.89. The zero-order valence-electron chi connectivity index (χ0n) is 12.0. The van der Waals surface area contributed by atoms with Crippen molar-refractivity contribution < 1.29 is 14.9 Å². The van der Waals surface area contributed by atoms with E-state index in [9.17, 15) is 10.2 Å². The predicted octanol–water partition coefficient (Wildman–Crippen LogP) is 1.16. The number of nitrogens with one attached hydrogen (secondary N) is 1. The van der Waals surface area contributed by atoms with E-state index in [1.54, 1.807) is 0 Å². The number of ether oxygens (including phenoxy) is 1. The van der Waals surface area contributed by atoms with Gasteiger partial charge in [0.15, 0.2) is 0 Å². The Bertz CT molecular complexity index is 224. The van der Waals surface area contributed by atoms with Crippen molar-refractivity contribution in [3.8, 4) is 0 Å². The minimum Gasteiger partial charge on any atom is -0.392 e. The second kappa shape index (κ2) is 7.43. The highest BCUT2D eigenvalue weighted by Gasteiger charge is 2.21. The average Bonchev–Trinajstić information content (AvgIpc) is 2.98.